The monoisotopic (exact) mass is 234 g/mol. The Balaban J connectivity index is 4.63. The van der Waals surface area contributed by atoms with Crippen LogP contribution in [0, 0.1) is 0 Å². The van der Waals surface area contributed by atoms with Crippen LogP contribution in [0.25, 0.3) is 0 Å². The summed E-state index contributed by atoms with van der Waals surface area (Å²) in [5.74, 6) is -5.49. The highest BCUT2D eigenvalue weighted by Gasteiger charge is 2.60. The second kappa shape index (κ2) is 3.50. The molecule has 0 saturated heterocycles. The van der Waals surface area contributed by atoms with Gasteiger partial charge in [0.25, 0.3) is 12.1 Å². The van der Waals surface area contributed by atoms with E-state index in [1.165, 1.54) is 0 Å². The average molecular weight is 234 g/mol. The molecule has 0 amide bonds. The minimum absolute atomic E-state index is 3.14. The Kier molecular flexibility index (Phi) is 3.34. The summed E-state index contributed by atoms with van der Waals surface area (Å²) >= 11 is 0. The van der Waals surface area contributed by atoms with Crippen LogP contribution in [-0.2, 0) is 0 Å². The van der Waals surface area contributed by atoms with Gasteiger partial charge in [-0.15, -0.1) is 0 Å². The van der Waals surface area contributed by atoms with Gasteiger partial charge in [0.15, 0.2) is 0 Å². The van der Waals surface area contributed by atoms with E-state index >= 15 is 0 Å². The van der Waals surface area contributed by atoms with Crippen molar-refractivity contribution in [3.63, 3.8) is 0 Å². The Morgan fingerprint density at radius 1 is 0.786 bits per heavy atom. The largest absolute Gasteiger partial charge is 0.425 e. The first-order chi connectivity index (χ1) is 5.86. The lowest BCUT2D eigenvalue weighted by Crippen LogP contribution is -2.44. The fourth-order valence-corrected chi connectivity index (χ4v) is 0.596. The summed E-state index contributed by atoms with van der Waals surface area (Å²) in [5.41, 5.74) is 0. The van der Waals surface area contributed by atoms with Gasteiger partial charge in [0.05, 0.1) is 0 Å². The zero-order valence-corrected chi connectivity index (χ0v) is 6.19. The lowest BCUT2D eigenvalue weighted by Gasteiger charge is -2.23. The third kappa shape index (κ3) is 4.05. The summed E-state index contributed by atoms with van der Waals surface area (Å²) in [7, 11) is 0. The zero-order valence-electron chi connectivity index (χ0n) is 6.19. The molecular weight excluding hydrogens is 231 g/mol. The Bertz CT molecular complexity index is 186. The lowest BCUT2D eigenvalue weighted by molar-refractivity contribution is -0.271. The first-order valence-corrected chi connectivity index (χ1v) is 3.01. The maximum Gasteiger partial charge on any atom is 0.425 e. The highest BCUT2D eigenvalue weighted by Crippen LogP contribution is 2.41. The highest BCUT2D eigenvalue weighted by atomic mass is 19.4. The molecule has 1 unspecified atom stereocenters. The van der Waals surface area contributed by atoms with Crippen LogP contribution in [0.2, 0.25) is 0 Å². The summed E-state index contributed by atoms with van der Waals surface area (Å²) in [4.78, 5) is 0. The van der Waals surface area contributed by atoms with Gasteiger partial charge in [-0.1, -0.05) is 0 Å². The van der Waals surface area contributed by atoms with Gasteiger partial charge in [-0.3, -0.25) is 0 Å². The Morgan fingerprint density at radius 2 is 1.14 bits per heavy atom. The number of hydrogen-bond donors (Lipinski definition) is 0. The van der Waals surface area contributed by atoms with E-state index in [9.17, 15) is 39.5 Å². The van der Waals surface area contributed by atoms with Gasteiger partial charge in [-0.25, -0.2) is 13.2 Å². The number of alkyl halides is 9. The van der Waals surface area contributed by atoms with Crippen LogP contribution in [0.5, 0.6) is 0 Å². The van der Waals surface area contributed by atoms with Gasteiger partial charge >= 0.3 is 12.4 Å². The SMILES string of the molecule is FC(C(F)(F)F)C(F)(F)CC(F)(F)F. The molecule has 0 saturated carbocycles. The second-order valence-corrected chi connectivity index (χ2v) is 2.46. The topological polar surface area (TPSA) is 0 Å². The Morgan fingerprint density at radius 3 is 1.36 bits per heavy atom. The molecule has 0 aliphatic heterocycles. The molecule has 0 aromatic heterocycles. The van der Waals surface area contributed by atoms with Crippen molar-refractivity contribution in [3.8, 4) is 0 Å². The summed E-state index contributed by atoms with van der Waals surface area (Å²) in [6, 6.07) is 0. The molecule has 0 nitrogen and oxygen atoms in total. The fourth-order valence-electron chi connectivity index (χ4n) is 0.596. The predicted octanol–water partition coefficient (Wildman–Crippen LogP) is 3.47. The number of hydrogen-bond acceptors (Lipinski definition) is 0. The molecule has 0 rings (SSSR count). The molecule has 0 aromatic rings. The molecule has 0 heterocycles. The standard InChI is InChI=1S/C5H3F9/c6-2(5(12,13)14)3(7,8)1-4(9,10)11/h2H,1H2. The van der Waals surface area contributed by atoms with Crippen molar-refractivity contribution in [1.82, 2.24) is 0 Å². The minimum Gasteiger partial charge on any atom is -0.231 e. The minimum atomic E-state index is -6.01. The van der Waals surface area contributed by atoms with Gasteiger partial charge in [0.1, 0.15) is 6.42 Å². The van der Waals surface area contributed by atoms with Gasteiger partial charge in [0, 0.05) is 0 Å². The molecule has 14 heavy (non-hydrogen) atoms. The van der Waals surface area contributed by atoms with E-state index in [0.29, 0.717) is 0 Å². The Hall–Kier alpha value is -0.630. The average Bonchev–Trinajstić information content (AvgIpc) is 1.78. The molecule has 1 atom stereocenters. The summed E-state index contributed by atoms with van der Waals surface area (Å²) in [6.07, 6.45) is -19.5. The molecule has 0 spiro atoms. The Labute approximate surface area is 71.7 Å². The van der Waals surface area contributed by atoms with E-state index in [1.807, 2.05) is 0 Å². The van der Waals surface area contributed by atoms with Crippen molar-refractivity contribution in [1.29, 1.82) is 0 Å². The van der Waals surface area contributed by atoms with Gasteiger partial charge in [0.2, 0.25) is 0 Å². The van der Waals surface area contributed by atoms with E-state index in [4.69, 9.17) is 0 Å². The smallest absolute Gasteiger partial charge is 0.231 e. The molecule has 9 heteroatoms. The van der Waals surface area contributed by atoms with Crippen molar-refractivity contribution in [2.75, 3.05) is 0 Å². The maximum absolute atomic E-state index is 12.0. The molecule has 0 aliphatic carbocycles. The summed E-state index contributed by atoms with van der Waals surface area (Å²) < 4.78 is 104. The van der Waals surface area contributed by atoms with E-state index in [1.54, 1.807) is 0 Å². The summed E-state index contributed by atoms with van der Waals surface area (Å²) in [5, 5.41) is 0. The third-order valence-corrected chi connectivity index (χ3v) is 1.09. The van der Waals surface area contributed by atoms with E-state index in [0.717, 1.165) is 0 Å². The molecule has 0 N–H and O–H groups in total. The normalized spacial score (nSPS) is 16.9. The molecule has 86 valence electrons. The third-order valence-electron chi connectivity index (χ3n) is 1.09. The molecular formula is C5H3F9. The molecule has 0 radical (unpaired) electrons. The van der Waals surface area contributed by atoms with Crippen molar-refractivity contribution >= 4 is 0 Å². The van der Waals surface area contributed by atoms with E-state index in [2.05, 4.69) is 0 Å². The van der Waals surface area contributed by atoms with Crippen LogP contribution < -0.4 is 0 Å². The molecule has 0 aliphatic rings. The zero-order chi connectivity index (χ0) is 11.8. The van der Waals surface area contributed by atoms with Crippen LogP contribution in [-0.4, -0.2) is 24.4 Å². The lowest BCUT2D eigenvalue weighted by atomic mass is 10.1. The van der Waals surface area contributed by atoms with Crippen LogP contribution in [0.3, 0.4) is 0 Å². The molecule has 0 bridgehead atoms. The number of halogens is 9. The first kappa shape index (κ1) is 13.4. The van der Waals surface area contributed by atoms with Crippen molar-refractivity contribution in [3.05, 3.63) is 0 Å². The summed E-state index contributed by atoms with van der Waals surface area (Å²) in [6.45, 7) is 0. The predicted molar refractivity (Wildman–Crippen MR) is 26.6 cm³/mol. The van der Waals surface area contributed by atoms with Gasteiger partial charge in [-0.2, -0.15) is 26.3 Å². The van der Waals surface area contributed by atoms with Crippen molar-refractivity contribution in [2.24, 2.45) is 0 Å². The number of rotatable bonds is 2. The van der Waals surface area contributed by atoms with Crippen molar-refractivity contribution < 1.29 is 39.5 Å². The van der Waals surface area contributed by atoms with Crippen LogP contribution in [0.4, 0.5) is 39.5 Å². The first-order valence-electron chi connectivity index (χ1n) is 3.01. The van der Waals surface area contributed by atoms with Gasteiger partial charge in [-0.05, 0) is 0 Å². The van der Waals surface area contributed by atoms with E-state index < -0.39 is 30.9 Å². The van der Waals surface area contributed by atoms with Crippen LogP contribution >= 0.6 is 0 Å². The van der Waals surface area contributed by atoms with Crippen molar-refractivity contribution in [2.45, 2.75) is 30.9 Å². The van der Waals surface area contributed by atoms with Crippen LogP contribution in [0.1, 0.15) is 6.42 Å². The van der Waals surface area contributed by atoms with Gasteiger partial charge < -0.3 is 0 Å². The second-order valence-electron chi connectivity index (χ2n) is 2.46. The molecule has 0 aromatic carbocycles. The van der Waals surface area contributed by atoms with Crippen LogP contribution in [0.15, 0.2) is 0 Å². The van der Waals surface area contributed by atoms with E-state index in [-0.39, 0.29) is 0 Å². The maximum atomic E-state index is 12.0. The highest BCUT2D eigenvalue weighted by molar-refractivity contribution is 4.84. The molecule has 0 fully saturated rings. The quantitative estimate of drug-likeness (QED) is 0.641. The fraction of sp³-hybridized carbons (Fsp3) is 1.00.